The molecule has 0 atom stereocenters. The van der Waals surface area contributed by atoms with Crippen molar-refractivity contribution in [1.82, 2.24) is 20.3 Å². The SMILES string of the molecule is CSC(=Nc1ccc2cc(-n3nc4ccccc4n3)c(=O)oc2c1)NC#N. The summed E-state index contributed by atoms with van der Waals surface area (Å²) in [7, 11) is 0. The molecule has 0 amide bonds. The summed E-state index contributed by atoms with van der Waals surface area (Å²) in [4.78, 5) is 18.0. The van der Waals surface area contributed by atoms with Crippen molar-refractivity contribution in [3.63, 3.8) is 0 Å². The molecule has 132 valence electrons. The third-order valence-corrected chi connectivity index (χ3v) is 4.37. The van der Waals surface area contributed by atoms with Crippen LogP contribution in [0.2, 0.25) is 0 Å². The molecule has 9 heteroatoms. The third kappa shape index (κ3) is 3.26. The standard InChI is InChI=1S/C18H12N6O2S/c1-27-18(20-10-19)21-12-7-6-11-8-15(17(25)26-16(11)9-12)24-22-13-4-2-3-5-14(13)23-24/h2-9H,1H3,(H,20,21). The zero-order valence-corrected chi connectivity index (χ0v) is 14.9. The lowest BCUT2D eigenvalue weighted by atomic mass is 10.2. The van der Waals surface area contributed by atoms with E-state index in [1.54, 1.807) is 30.5 Å². The molecule has 4 aromatic rings. The number of nitrogens with one attached hydrogen (secondary N) is 1. The molecule has 0 spiro atoms. The van der Waals surface area contributed by atoms with E-state index in [4.69, 9.17) is 9.68 Å². The molecule has 8 nitrogen and oxygen atoms in total. The van der Waals surface area contributed by atoms with Crippen molar-refractivity contribution in [3.05, 3.63) is 59.0 Å². The summed E-state index contributed by atoms with van der Waals surface area (Å²) in [6.45, 7) is 0. The van der Waals surface area contributed by atoms with Crippen LogP contribution in [0.3, 0.4) is 0 Å². The Labute approximate surface area is 157 Å². The summed E-state index contributed by atoms with van der Waals surface area (Å²) in [5.41, 5.74) is 2.01. The van der Waals surface area contributed by atoms with E-state index in [-0.39, 0.29) is 5.69 Å². The minimum atomic E-state index is -0.552. The molecule has 2 aromatic carbocycles. The molecule has 0 radical (unpaired) electrons. The lowest BCUT2D eigenvalue weighted by molar-refractivity contribution is 0.546. The Kier molecular flexibility index (Phi) is 4.32. The average Bonchev–Trinajstić information content (AvgIpc) is 3.11. The smallest absolute Gasteiger partial charge is 0.364 e. The quantitative estimate of drug-likeness (QED) is 0.188. The van der Waals surface area contributed by atoms with Gasteiger partial charge < -0.3 is 4.42 Å². The fraction of sp³-hybridized carbons (Fsp3) is 0.0556. The highest BCUT2D eigenvalue weighted by molar-refractivity contribution is 8.13. The van der Waals surface area contributed by atoms with Crippen LogP contribution >= 0.6 is 11.8 Å². The number of amidine groups is 1. The Morgan fingerprint density at radius 3 is 2.63 bits per heavy atom. The number of thioether (sulfide) groups is 1. The van der Waals surface area contributed by atoms with Gasteiger partial charge in [-0.25, -0.2) is 9.79 Å². The van der Waals surface area contributed by atoms with E-state index in [2.05, 4.69) is 20.5 Å². The summed E-state index contributed by atoms with van der Waals surface area (Å²) in [6.07, 6.45) is 3.63. The molecule has 2 aromatic heterocycles. The Balaban J connectivity index is 1.79. The first-order chi connectivity index (χ1) is 13.2. The number of fused-ring (bicyclic) bond motifs is 2. The Morgan fingerprint density at radius 1 is 1.22 bits per heavy atom. The van der Waals surface area contributed by atoms with E-state index >= 15 is 0 Å². The van der Waals surface area contributed by atoms with Gasteiger partial charge in [-0.15, -0.1) is 15.0 Å². The molecule has 0 aliphatic rings. The van der Waals surface area contributed by atoms with E-state index in [1.165, 1.54) is 16.6 Å². The van der Waals surface area contributed by atoms with Gasteiger partial charge in [0.15, 0.2) is 17.0 Å². The van der Waals surface area contributed by atoms with Crippen LogP contribution in [0.15, 0.2) is 62.7 Å². The summed E-state index contributed by atoms with van der Waals surface area (Å²) in [5, 5.41) is 21.0. The minimum Gasteiger partial charge on any atom is -0.421 e. The molecular formula is C18H12N6O2S. The lowest BCUT2D eigenvalue weighted by Gasteiger charge is -2.03. The summed E-state index contributed by atoms with van der Waals surface area (Å²) < 4.78 is 5.44. The van der Waals surface area contributed by atoms with Crippen LogP contribution in [0.4, 0.5) is 5.69 Å². The molecule has 0 fully saturated rings. The molecule has 0 unspecified atom stereocenters. The van der Waals surface area contributed by atoms with E-state index in [0.717, 1.165) is 0 Å². The monoisotopic (exact) mass is 376 g/mol. The van der Waals surface area contributed by atoms with Gasteiger partial charge in [-0.2, -0.15) is 5.26 Å². The summed E-state index contributed by atoms with van der Waals surface area (Å²) in [6, 6.07) is 14.2. The summed E-state index contributed by atoms with van der Waals surface area (Å²) >= 11 is 1.30. The van der Waals surface area contributed by atoms with Gasteiger partial charge in [-0.1, -0.05) is 23.9 Å². The highest BCUT2D eigenvalue weighted by Gasteiger charge is 2.11. The fourth-order valence-electron chi connectivity index (χ4n) is 2.56. The number of aromatic nitrogens is 3. The Hall–Kier alpha value is -3.64. The van der Waals surface area contributed by atoms with Crippen molar-refractivity contribution in [2.75, 3.05) is 6.26 Å². The second-order valence-electron chi connectivity index (χ2n) is 5.48. The summed E-state index contributed by atoms with van der Waals surface area (Å²) in [5.74, 6) is 0. The number of hydrogen-bond acceptors (Lipinski definition) is 7. The van der Waals surface area contributed by atoms with Crippen LogP contribution in [0.25, 0.3) is 27.7 Å². The molecule has 0 saturated carbocycles. The molecule has 1 N–H and O–H groups in total. The van der Waals surface area contributed by atoms with Crippen molar-refractivity contribution in [2.45, 2.75) is 0 Å². The van der Waals surface area contributed by atoms with Gasteiger partial charge in [-0.05, 0) is 36.6 Å². The van der Waals surface area contributed by atoms with Gasteiger partial charge in [0, 0.05) is 11.5 Å². The fourth-order valence-corrected chi connectivity index (χ4v) is 2.90. The second-order valence-corrected chi connectivity index (χ2v) is 6.27. The van der Waals surface area contributed by atoms with Gasteiger partial charge in [0.05, 0.1) is 5.69 Å². The van der Waals surface area contributed by atoms with Gasteiger partial charge in [0.1, 0.15) is 16.6 Å². The topological polar surface area (TPSA) is 109 Å². The number of hydrogen-bond donors (Lipinski definition) is 1. The normalized spacial score (nSPS) is 11.6. The van der Waals surface area contributed by atoms with Gasteiger partial charge in [-0.3, -0.25) is 5.32 Å². The molecule has 27 heavy (non-hydrogen) atoms. The molecule has 2 heterocycles. The maximum Gasteiger partial charge on any atom is 0.364 e. The molecule has 0 aliphatic carbocycles. The first-order valence-corrected chi connectivity index (χ1v) is 9.08. The zero-order chi connectivity index (χ0) is 18.8. The second kappa shape index (κ2) is 6.93. The Bertz CT molecular complexity index is 1250. The maximum absolute atomic E-state index is 12.4. The number of aliphatic imine (C=N–C) groups is 1. The van der Waals surface area contributed by atoms with Crippen LogP contribution in [-0.2, 0) is 0 Å². The molecule has 4 rings (SSSR count). The molecule has 0 bridgehead atoms. The number of nitriles is 1. The largest absolute Gasteiger partial charge is 0.421 e. The van der Waals surface area contributed by atoms with E-state index in [1.807, 2.05) is 30.5 Å². The number of nitrogens with zero attached hydrogens (tertiary/aromatic N) is 5. The average molecular weight is 376 g/mol. The van der Waals surface area contributed by atoms with Crippen LogP contribution in [-0.4, -0.2) is 26.4 Å². The van der Waals surface area contributed by atoms with Crippen molar-refractivity contribution in [3.8, 4) is 11.9 Å². The third-order valence-electron chi connectivity index (χ3n) is 3.79. The lowest BCUT2D eigenvalue weighted by Crippen LogP contribution is -2.13. The van der Waals surface area contributed by atoms with E-state index < -0.39 is 5.63 Å². The first-order valence-electron chi connectivity index (χ1n) is 7.86. The maximum atomic E-state index is 12.4. The predicted octanol–water partition coefficient (Wildman–Crippen LogP) is 2.95. The first kappa shape index (κ1) is 16.8. The minimum absolute atomic E-state index is 0.228. The molecule has 0 saturated heterocycles. The van der Waals surface area contributed by atoms with E-state index in [9.17, 15) is 4.79 Å². The molecular weight excluding hydrogens is 364 g/mol. The van der Waals surface area contributed by atoms with Crippen LogP contribution in [0.5, 0.6) is 0 Å². The van der Waals surface area contributed by atoms with Crippen LogP contribution in [0, 0.1) is 11.5 Å². The van der Waals surface area contributed by atoms with Crippen molar-refractivity contribution in [1.29, 1.82) is 5.26 Å². The Morgan fingerprint density at radius 2 is 1.96 bits per heavy atom. The number of benzene rings is 2. The highest BCUT2D eigenvalue weighted by atomic mass is 32.2. The van der Waals surface area contributed by atoms with Gasteiger partial charge in [0.2, 0.25) is 0 Å². The van der Waals surface area contributed by atoms with Crippen molar-refractivity contribution < 1.29 is 4.42 Å². The van der Waals surface area contributed by atoms with Crippen LogP contribution < -0.4 is 10.9 Å². The zero-order valence-electron chi connectivity index (χ0n) is 14.1. The van der Waals surface area contributed by atoms with Gasteiger partial charge in [0.25, 0.3) is 0 Å². The van der Waals surface area contributed by atoms with Crippen molar-refractivity contribution >= 4 is 44.6 Å². The van der Waals surface area contributed by atoms with E-state index in [0.29, 0.717) is 32.9 Å². The number of rotatable bonds is 2. The molecule has 0 aliphatic heterocycles. The van der Waals surface area contributed by atoms with Crippen molar-refractivity contribution in [2.24, 2.45) is 4.99 Å². The highest BCUT2D eigenvalue weighted by Crippen LogP contribution is 2.23. The van der Waals surface area contributed by atoms with Crippen LogP contribution in [0.1, 0.15) is 0 Å². The van der Waals surface area contributed by atoms with Gasteiger partial charge >= 0.3 is 5.63 Å². The predicted molar refractivity (Wildman–Crippen MR) is 104 cm³/mol.